The molecule has 2 atom stereocenters. The third-order valence-electron chi connectivity index (χ3n) is 4.75. The van der Waals surface area contributed by atoms with Gasteiger partial charge in [-0.2, -0.15) is 0 Å². The first-order valence-electron chi connectivity index (χ1n) is 7.87. The average molecular weight is 419 g/mol. The molecule has 134 valence electrons. The van der Waals surface area contributed by atoms with Crippen LogP contribution in [0.5, 0.6) is 0 Å². The van der Waals surface area contributed by atoms with Crippen LogP contribution in [0.1, 0.15) is 27.2 Å². The minimum absolute atomic E-state index is 0. The molecule has 24 heavy (non-hydrogen) atoms. The van der Waals surface area contributed by atoms with E-state index in [2.05, 4.69) is 21.2 Å². The van der Waals surface area contributed by atoms with E-state index in [1.807, 2.05) is 45.0 Å². The molecule has 2 amide bonds. The zero-order chi connectivity index (χ0) is 17.2. The molecular weight excluding hydrogens is 394 g/mol. The van der Waals surface area contributed by atoms with Gasteiger partial charge in [0.05, 0.1) is 5.54 Å². The highest BCUT2D eigenvalue weighted by Crippen LogP contribution is 2.28. The van der Waals surface area contributed by atoms with Gasteiger partial charge in [0.2, 0.25) is 11.8 Å². The van der Waals surface area contributed by atoms with E-state index in [0.717, 1.165) is 10.2 Å². The molecule has 1 heterocycles. The van der Waals surface area contributed by atoms with Crippen molar-refractivity contribution < 1.29 is 9.59 Å². The molecule has 2 unspecified atom stereocenters. The normalized spacial score (nSPS) is 19.8. The van der Waals surface area contributed by atoms with Crippen molar-refractivity contribution in [2.24, 2.45) is 17.6 Å². The van der Waals surface area contributed by atoms with Gasteiger partial charge in [-0.3, -0.25) is 9.59 Å². The first-order valence-corrected chi connectivity index (χ1v) is 8.67. The second kappa shape index (κ2) is 8.32. The molecule has 0 bridgehead atoms. The van der Waals surface area contributed by atoms with Gasteiger partial charge in [0, 0.05) is 23.2 Å². The Labute approximate surface area is 157 Å². The number of benzene rings is 1. The Morgan fingerprint density at radius 1 is 1.50 bits per heavy atom. The Balaban J connectivity index is 0.00000288. The maximum absolute atomic E-state index is 12.6. The van der Waals surface area contributed by atoms with E-state index >= 15 is 0 Å². The Kier molecular flexibility index (Phi) is 7.25. The summed E-state index contributed by atoms with van der Waals surface area (Å²) >= 11 is 3.41. The number of halogens is 2. The van der Waals surface area contributed by atoms with Crippen LogP contribution in [0.25, 0.3) is 0 Å². The second-order valence-electron chi connectivity index (χ2n) is 6.58. The molecular formula is C17H25BrClN3O2. The van der Waals surface area contributed by atoms with E-state index in [0.29, 0.717) is 19.5 Å². The van der Waals surface area contributed by atoms with Crippen LogP contribution < -0.4 is 16.0 Å². The molecule has 0 radical (unpaired) electrons. The standard InChI is InChI=1S/C17H24BrN3O2.ClH/c1-11(2)17(3,10-19)20-15(22)14-7-8-21(16(14)23)13-6-4-5-12(18)9-13;/h4-6,9,11,14H,7-8,10,19H2,1-3H3,(H,20,22);1H. The number of rotatable bonds is 5. The fourth-order valence-corrected chi connectivity index (χ4v) is 3.01. The molecule has 5 nitrogen and oxygen atoms in total. The summed E-state index contributed by atoms with van der Waals surface area (Å²) in [6, 6.07) is 7.55. The molecule has 1 aromatic carbocycles. The van der Waals surface area contributed by atoms with Gasteiger partial charge >= 0.3 is 0 Å². The monoisotopic (exact) mass is 417 g/mol. The lowest BCUT2D eigenvalue weighted by molar-refractivity contribution is -0.133. The Bertz CT molecular complexity index is 611. The highest BCUT2D eigenvalue weighted by Gasteiger charge is 2.40. The van der Waals surface area contributed by atoms with Gasteiger partial charge in [0.1, 0.15) is 5.92 Å². The molecule has 0 spiro atoms. The Hall–Kier alpha value is -1.11. The van der Waals surface area contributed by atoms with Crippen LogP contribution in [-0.4, -0.2) is 30.4 Å². The van der Waals surface area contributed by atoms with E-state index in [-0.39, 0.29) is 30.1 Å². The highest BCUT2D eigenvalue weighted by molar-refractivity contribution is 9.10. The van der Waals surface area contributed by atoms with Gasteiger partial charge in [-0.25, -0.2) is 0 Å². The Morgan fingerprint density at radius 3 is 2.71 bits per heavy atom. The van der Waals surface area contributed by atoms with E-state index in [9.17, 15) is 9.59 Å². The molecule has 1 saturated heterocycles. The number of hydrogen-bond donors (Lipinski definition) is 2. The van der Waals surface area contributed by atoms with Crippen LogP contribution in [0.2, 0.25) is 0 Å². The topological polar surface area (TPSA) is 75.4 Å². The first kappa shape index (κ1) is 20.9. The SMILES string of the molecule is CC(C)C(C)(CN)NC(=O)C1CCN(c2cccc(Br)c2)C1=O.Cl. The van der Waals surface area contributed by atoms with E-state index < -0.39 is 11.5 Å². The zero-order valence-corrected chi connectivity index (χ0v) is 16.6. The quantitative estimate of drug-likeness (QED) is 0.722. The first-order chi connectivity index (χ1) is 10.8. The molecule has 1 aromatic rings. The third-order valence-corrected chi connectivity index (χ3v) is 5.24. The van der Waals surface area contributed by atoms with Crippen molar-refractivity contribution in [3.8, 4) is 0 Å². The van der Waals surface area contributed by atoms with Crippen molar-refractivity contribution in [2.45, 2.75) is 32.7 Å². The summed E-state index contributed by atoms with van der Waals surface area (Å²) in [5.74, 6) is -0.828. The second-order valence-corrected chi connectivity index (χ2v) is 7.49. The molecule has 3 N–H and O–H groups in total. The summed E-state index contributed by atoms with van der Waals surface area (Å²) in [6.45, 7) is 6.83. The molecule has 1 aliphatic heterocycles. The van der Waals surface area contributed by atoms with Crippen LogP contribution >= 0.6 is 28.3 Å². The van der Waals surface area contributed by atoms with Crippen LogP contribution in [-0.2, 0) is 9.59 Å². The van der Waals surface area contributed by atoms with Crippen molar-refractivity contribution in [3.05, 3.63) is 28.7 Å². The molecule has 1 fully saturated rings. The minimum Gasteiger partial charge on any atom is -0.349 e. The summed E-state index contributed by atoms with van der Waals surface area (Å²) in [6.07, 6.45) is 0.524. The predicted octanol–water partition coefficient (Wildman–Crippen LogP) is 2.71. The molecule has 7 heteroatoms. The van der Waals surface area contributed by atoms with Crippen molar-refractivity contribution in [2.75, 3.05) is 18.0 Å². The lowest BCUT2D eigenvalue weighted by Gasteiger charge is -2.34. The van der Waals surface area contributed by atoms with Crippen molar-refractivity contribution in [1.82, 2.24) is 5.32 Å². The maximum Gasteiger partial charge on any atom is 0.239 e. The molecule has 0 saturated carbocycles. The van der Waals surface area contributed by atoms with Gasteiger partial charge in [-0.1, -0.05) is 35.8 Å². The fourth-order valence-electron chi connectivity index (χ4n) is 2.62. The van der Waals surface area contributed by atoms with Gasteiger partial charge in [0.25, 0.3) is 0 Å². The largest absolute Gasteiger partial charge is 0.349 e. The number of amides is 2. The van der Waals surface area contributed by atoms with Gasteiger partial charge in [0.15, 0.2) is 0 Å². The number of nitrogens with two attached hydrogens (primary N) is 1. The minimum atomic E-state index is -0.640. The number of carbonyl (C=O) groups excluding carboxylic acids is 2. The lowest BCUT2D eigenvalue weighted by Crippen LogP contribution is -2.57. The molecule has 2 rings (SSSR count). The maximum atomic E-state index is 12.6. The van der Waals surface area contributed by atoms with Crippen LogP contribution in [0.3, 0.4) is 0 Å². The smallest absolute Gasteiger partial charge is 0.239 e. The van der Waals surface area contributed by atoms with Gasteiger partial charge in [-0.05, 0) is 37.5 Å². The summed E-state index contributed by atoms with van der Waals surface area (Å²) in [4.78, 5) is 26.8. The van der Waals surface area contributed by atoms with E-state index in [1.54, 1.807) is 4.90 Å². The Morgan fingerprint density at radius 2 is 2.17 bits per heavy atom. The molecule has 0 aromatic heterocycles. The van der Waals surface area contributed by atoms with Gasteiger partial charge < -0.3 is 16.0 Å². The number of carbonyl (C=O) groups is 2. The van der Waals surface area contributed by atoms with Crippen LogP contribution in [0, 0.1) is 11.8 Å². The van der Waals surface area contributed by atoms with Crippen molar-refractivity contribution in [1.29, 1.82) is 0 Å². The summed E-state index contributed by atoms with van der Waals surface area (Å²) in [5, 5.41) is 2.98. The van der Waals surface area contributed by atoms with Gasteiger partial charge in [-0.15, -0.1) is 12.4 Å². The lowest BCUT2D eigenvalue weighted by atomic mass is 9.87. The zero-order valence-electron chi connectivity index (χ0n) is 14.2. The molecule has 1 aliphatic rings. The van der Waals surface area contributed by atoms with E-state index in [4.69, 9.17) is 5.73 Å². The number of hydrogen-bond acceptors (Lipinski definition) is 3. The number of anilines is 1. The van der Waals surface area contributed by atoms with Crippen LogP contribution in [0.4, 0.5) is 5.69 Å². The van der Waals surface area contributed by atoms with Crippen molar-refractivity contribution >= 4 is 45.8 Å². The highest BCUT2D eigenvalue weighted by atomic mass is 79.9. The van der Waals surface area contributed by atoms with Crippen LogP contribution in [0.15, 0.2) is 28.7 Å². The van der Waals surface area contributed by atoms with E-state index in [1.165, 1.54) is 0 Å². The van der Waals surface area contributed by atoms with Crippen molar-refractivity contribution in [3.63, 3.8) is 0 Å². The fraction of sp³-hybridized carbons (Fsp3) is 0.529. The summed E-state index contributed by atoms with van der Waals surface area (Å²) in [5.41, 5.74) is 6.12. The summed E-state index contributed by atoms with van der Waals surface area (Å²) < 4.78 is 0.909. The summed E-state index contributed by atoms with van der Waals surface area (Å²) in [7, 11) is 0. The predicted molar refractivity (Wildman–Crippen MR) is 102 cm³/mol. The average Bonchev–Trinajstić information content (AvgIpc) is 2.88. The third kappa shape index (κ3) is 4.29. The molecule has 0 aliphatic carbocycles. The number of nitrogens with zero attached hydrogens (tertiary/aromatic N) is 1. The number of nitrogens with one attached hydrogen (secondary N) is 1.